The van der Waals surface area contributed by atoms with Crippen molar-refractivity contribution in [1.29, 1.82) is 0 Å². The molecule has 2 N–H and O–H groups in total. The van der Waals surface area contributed by atoms with Gasteiger partial charge in [-0.05, 0) is 24.3 Å². The van der Waals surface area contributed by atoms with Crippen molar-refractivity contribution in [3.05, 3.63) is 35.1 Å². The number of thioether (sulfide) groups is 1. The van der Waals surface area contributed by atoms with Crippen LogP contribution in [0.25, 0.3) is 0 Å². The topological polar surface area (TPSA) is 49.3 Å². The summed E-state index contributed by atoms with van der Waals surface area (Å²) in [5, 5.41) is 12.5. The van der Waals surface area contributed by atoms with Gasteiger partial charge in [0.2, 0.25) is 0 Å². The molecule has 1 fully saturated rings. The Morgan fingerprint density at radius 1 is 1.25 bits per heavy atom. The molecule has 0 unspecified atom stereocenters. The molecule has 0 aromatic heterocycles. The molecular formula is C13H14F3NO2S. The second-order valence-electron chi connectivity index (χ2n) is 4.76. The van der Waals surface area contributed by atoms with Crippen molar-refractivity contribution in [3.63, 3.8) is 0 Å². The number of rotatable bonds is 3. The largest absolute Gasteiger partial charge is 0.388 e. The molecule has 3 nitrogen and oxygen atoms in total. The number of carbonyl (C=O) groups is 1. The van der Waals surface area contributed by atoms with E-state index in [9.17, 15) is 23.1 Å². The van der Waals surface area contributed by atoms with Gasteiger partial charge in [0.15, 0.2) is 0 Å². The third kappa shape index (κ3) is 3.46. The molecule has 1 aromatic carbocycles. The van der Waals surface area contributed by atoms with Crippen molar-refractivity contribution in [2.45, 2.75) is 18.4 Å². The number of nitrogens with one attached hydrogen (secondary N) is 1. The molecule has 0 aliphatic carbocycles. The first kappa shape index (κ1) is 15.2. The van der Waals surface area contributed by atoms with Crippen molar-refractivity contribution >= 4 is 17.7 Å². The van der Waals surface area contributed by atoms with Crippen molar-refractivity contribution in [1.82, 2.24) is 5.32 Å². The highest BCUT2D eigenvalue weighted by molar-refractivity contribution is 7.99. The molecule has 7 heteroatoms. The molecule has 1 aromatic rings. The smallest absolute Gasteiger partial charge is 0.257 e. The van der Waals surface area contributed by atoms with Crippen LogP contribution in [-0.4, -0.2) is 34.7 Å². The van der Waals surface area contributed by atoms with Gasteiger partial charge in [0.25, 0.3) is 5.91 Å². The van der Waals surface area contributed by atoms with Gasteiger partial charge in [-0.2, -0.15) is 11.8 Å². The molecule has 0 radical (unpaired) electrons. The number of benzene rings is 1. The van der Waals surface area contributed by atoms with E-state index in [1.165, 1.54) is 0 Å². The van der Waals surface area contributed by atoms with Gasteiger partial charge in [0.05, 0.1) is 5.60 Å². The molecule has 1 heterocycles. The van der Waals surface area contributed by atoms with Gasteiger partial charge in [-0.3, -0.25) is 4.79 Å². The zero-order chi connectivity index (χ0) is 14.8. The number of aliphatic hydroxyl groups is 1. The van der Waals surface area contributed by atoms with E-state index < -0.39 is 34.5 Å². The lowest BCUT2D eigenvalue weighted by molar-refractivity contribution is 0.0310. The molecule has 1 saturated heterocycles. The fraction of sp³-hybridized carbons (Fsp3) is 0.462. The summed E-state index contributed by atoms with van der Waals surface area (Å²) in [6.45, 7) is -0.0807. The van der Waals surface area contributed by atoms with E-state index in [2.05, 4.69) is 5.32 Å². The van der Waals surface area contributed by atoms with Gasteiger partial charge < -0.3 is 10.4 Å². The van der Waals surface area contributed by atoms with Crippen molar-refractivity contribution in [2.24, 2.45) is 0 Å². The summed E-state index contributed by atoms with van der Waals surface area (Å²) in [6.07, 6.45) is 1.01. The first-order valence-corrected chi connectivity index (χ1v) is 7.30. The Hall–Kier alpha value is -1.21. The second kappa shape index (κ2) is 6.05. The van der Waals surface area contributed by atoms with Gasteiger partial charge in [-0.15, -0.1) is 0 Å². The Bertz CT molecular complexity index is 495. The minimum Gasteiger partial charge on any atom is -0.388 e. The third-order valence-corrected chi connectivity index (χ3v) is 4.22. The summed E-state index contributed by atoms with van der Waals surface area (Å²) in [5.41, 5.74) is -1.88. The predicted molar refractivity (Wildman–Crippen MR) is 70.2 cm³/mol. The molecule has 0 bridgehead atoms. The average molecular weight is 305 g/mol. The van der Waals surface area contributed by atoms with Crippen LogP contribution in [0.1, 0.15) is 23.2 Å². The fourth-order valence-corrected chi connectivity index (χ4v) is 3.27. The molecule has 1 amide bonds. The Morgan fingerprint density at radius 3 is 2.35 bits per heavy atom. The van der Waals surface area contributed by atoms with E-state index >= 15 is 0 Å². The number of hydrogen-bond donors (Lipinski definition) is 2. The second-order valence-corrected chi connectivity index (χ2v) is 5.99. The maximum Gasteiger partial charge on any atom is 0.257 e. The van der Waals surface area contributed by atoms with E-state index in [4.69, 9.17) is 0 Å². The standard InChI is InChI=1S/C13H14F3NO2S/c14-8-5-9(15)11(10(16)6-8)12(18)17-7-13(19)1-3-20-4-2-13/h5-6,19H,1-4,7H2,(H,17,18). The van der Waals surface area contributed by atoms with Crippen molar-refractivity contribution in [2.75, 3.05) is 18.1 Å². The van der Waals surface area contributed by atoms with Gasteiger partial charge in [-0.25, -0.2) is 13.2 Å². The van der Waals surface area contributed by atoms with Crippen LogP contribution in [0.15, 0.2) is 12.1 Å². The van der Waals surface area contributed by atoms with Crippen molar-refractivity contribution in [3.8, 4) is 0 Å². The van der Waals surface area contributed by atoms with E-state index in [1.807, 2.05) is 0 Å². The van der Waals surface area contributed by atoms with Gasteiger partial charge in [0.1, 0.15) is 23.0 Å². The average Bonchev–Trinajstić information content (AvgIpc) is 2.36. The van der Waals surface area contributed by atoms with Gasteiger partial charge in [-0.1, -0.05) is 0 Å². The van der Waals surface area contributed by atoms with Crippen LogP contribution in [0.4, 0.5) is 13.2 Å². The number of hydrogen-bond acceptors (Lipinski definition) is 3. The Labute approximate surface area is 118 Å². The number of halogens is 3. The van der Waals surface area contributed by atoms with Crippen LogP contribution in [0.2, 0.25) is 0 Å². The monoisotopic (exact) mass is 305 g/mol. The first-order valence-electron chi connectivity index (χ1n) is 6.14. The number of carbonyl (C=O) groups excluding carboxylic acids is 1. The highest BCUT2D eigenvalue weighted by Crippen LogP contribution is 2.26. The van der Waals surface area contributed by atoms with E-state index in [-0.39, 0.29) is 6.54 Å². The van der Waals surface area contributed by atoms with Crippen LogP contribution < -0.4 is 5.32 Å². The SMILES string of the molecule is O=C(NCC1(O)CCSCC1)c1c(F)cc(F)cc1F. The lowest BCUT2D eigenvalue weighted by atomic mass is 9.97. The maximum atomic E-state index is 13.4. The van der Waals surface area contributed by atoms with Crippen LogP contribution in [0.5, 0.6) is 0 Å². The van der Waals surface area contributed by atoms with Crippen LogP contribution >= 0.6 is 11.8 Å². The highest BCUT2D eigenvalue weighted by atomic mass is 32.2. The molecular weight excluding hydrogens is 291 g/mol. The van der Waals surface area contributed by atoms with Crippen molar-refractivity contribution < 1.29 is 23.1 Å². The summed E-state index contributed by atoms with van der Waals surface area (Å²) in [4.78, 5) is 11.8. The normalized spacial score (nSPS) is 17.8. The van der Waals surface area contributed by atoms with E-state index in [0.717, 1.165) is 11.5 Å². The lowest BCUT2D eigenvalue weighted by Gasteiger charge is -2.31. The summed E-state index contributed by atoms with van der Waals surface area (Å²) >= 11 is 1.70. The Kier molecular flexibility index (Phi) is 4.59. The number of amides is 1. The Balaban J connectivity index is 2.05. The molecule has 20 heavy (non-hydrogen) atoms. The molecule has 110 valence electrons. The van der Waals surface area contributed by atoms with Gasteiger partial charge in [0, 0.05) is 18.7 Å². The molecule has 0 spiro atoms. The molecule has 0 saturated carbocycles. The molecule has 1 aliphatic rings. The molecule has 0 atom stereocenters. The summed E-state index contributed by atoms with van der Waals surface area (Å²) < 4.78 is 39.6. The zero-order valence-electron chi connectivity index (χ0n) is 10.6. The predicted octanol–water partition coefficient (Wildman–Crippen LogP) is 2.09. The highest BCUT2D eigenvalue weighted by Gasteiger charge is 2.30. The quantitative estimate of drug-likeness (QED) is 0.899. The minimum atomic E-state index is -1.26. The fourth-order valence-electron chi connectivity index (χ4n) is 2.02. The zero-order valence-corrected chi connectivity index (χ0v) is 11.4. The minimum absolute atomic E-state index is 0.0807. The third-order valence-electron chi connectivity index (χ3n) is 3.24. The first-order chi connectivity index (χ1) is 9.41. The van der Waals surface area contributed by atoms with E-state index in [1.54, 1.807) is 11.8 Å². The van der Waals surface area contributed by atoms with Crippen LogP contribution in [-0.2, 0) is 0 Å². The summed E-state index contributed by atoms with van der Waals surface area (Å²) in [5.74, 6) is -3.05. The molecule has 1 aliphatic heterocycles. The molecule has 2 rings (SSSR count). The van der Waals surface area contributed by atoms with Crippen LogP contribution in [0, 0.1) is 17.5 Å². The summed E-state index contributed by atoms with van der Waals surface area (Å²) in [7, 11) is 0. The lowest BCUT2D eigenvalue weighted by Crippen LogP contribution is -2.45. The van der Waals surface area contributed by atoms with Gasteiger partial charge >= 0.3 is 0 Å². The maximum absolute atomic E-state index is 13.4. The summed E-state index contributed by atoms with van der Waals surface area (Å²) in [6, 6.07) is 0.897. The van der Waals surface area contributed by atoms with E-state index in [0.29, 0.717) is 25.0 Å². The van der Waals surface area contributed by atoms with Crippen LogP contribution in [0.3, 0.4) is 0 Å². The Morgan fingerprint density at radius 2 is 1.80 bits per heavy atom.